The lowest BCUT2D eigenvalue weighted by molar-refractivity contribution is 0.445. The lowest BCUT2D eigenvalue weighted by Gasteiger charge is -2.27. The Hall–Kier alpha value is -2.67. The van der Waals surface area contributed by atoms with Crippen molar-refractivity contribution >= 4 is 50.0 Å². The molecule has 0 spiro atoms. The first kappa shape index (κ1) is 13.7. The molecule has 7 heteroatoms. The molecule has 3 heterocycles. The minimum atomic E-state index is 0.527. The fourth-order valence-corrected chi connectivity index (χ4v) is 3.63. The van der Waals surface area contributed by atoms with Gasteiger partial charge >= 0.3 is 0 Å². The number of fused-ring (bicyclic) bond motifs is 2. The number of aromatic nitrogens is 4. The lowest BCUT2D eigenvalue weighted by Crippen LogP contribution is -2.27. The number of benzene rings is 1. The van der Waals surface area contributed by atoms with Crippen molar-refractivity contribution in [2.45, 2.75) is 25.3 Å². The van der Waals surface area contributed by atoms with Crippen molar-refractivity contribution in [1.82, 2.24) is 19.9 Å². The molecule has 1 fully saturated rings. The minimum absolute atomic E-state index is 0.527. The van der Waals surface area contributed by atoms with E-state index in [2.05, 4.69) is 31.7 Å². The maximum atomic E-state index is 4.69. The number of nitrogens with zero attached hydrogens (tertiary/aromatic N) is 3. The Balaban J connectivity index is 1.50. The van der Waals surface area contributed by atoms with E-state index in [0.717, 1.165) is 32.8 Å². The number of thiazole rings is 1. The van der Waals surface area contributed by atoms with Gasteiger partial charge in [-0.15, -0.1) is 11.3 Å². The second kappa shape index (κ2) is 5.45. The van der Waals surface area contributed by atoms with Crippen LogP contribution in [0.5, 0.6) is 0 Å². The zero-order valence-corrected chi connectivity index (χ0v) is 13.7. The summed E-state index contributed by atoms with van der Waals surface area (Å²) in [5.41, 5.74) is 4.68. The molecule has 0 amide bonds. The first-order valence-corrected chi connectivity index (χ1v) is 8.95. The highest BCUT2D eigenvalue weighted by Gasteiger charge is 2.19. The minimum Gasteiger partial charge on any atom is -0.367 e. The summed E-state index contributed by atoms with van der Waals surface area (Å²) in [6.07, 6.45) is 5.61. The zero-order chi connectivity index (χ0) is 15.9. The van der Waals surface area contributed by atoms with Gasteiger partial charge in [-0.1, -0.05) is 0 Å². The largest absolute Gasteiger partial charge is 0.367 e. The molecule has 0 unspecified atom stereocenters. The molecule has 120 valence electrons. The van der Waals surface area contributed by atoms with Crippen LogP contribution in [0.15, 0.2) is 36.0 Å². The molecule has 1 aromatic carbocycles. The number of hydrogen-bond donors (Lipinski definition) is 3. The first-order chi connectivity index (χ1) is 11.8. The summed E-state index contributed by atoms with van der Waals surface area (Å²) in [7, 11) is 0. The van der Waals surface area contributed by atoms with Crippen molar-refractivity contribution in [3.8, 4) is 0 Å². The number of aromatic amines is 1. The predicted molar refractivity (Wildman–Crippen MR) is 98.1 cm³/mol. The number of hydrogen-bond acceptors (Lipinski definition) is 6. The molecule has 6 nitrogen and oxygen atoms in total. The monoisotopic (exact) mass is 336 g/mol. The third-order valence-electron chi connectivity index (χ3n) is 4.45. The quantitative estimate of drug-likeness (QED) is 0.518. The van der Waals surface area contributed by atoms with Crippen LogP contribution < -0.4 is 10.6 Å². The molecule has 24 heavy (non-hydrogen) atoms. The molecule has 0 saturated heterocycles. The van der Waals surface area contributed by atoms with Gasteiger partial charge < -0.3 is 15.6 Å². The molecule has 3 aromatic heterocycles. The van der Waals surface area contributed by atoms with Gasteiger partial charge in [-0.2, -0.15) is 9.97 Å². The second-order valence-electron chi connectivity index (χ2n) is 6.07. The van der Waals surface area contributed by atoms with Crippen LogP contribution >= 0.6 is 11.3 Å². The molecule has 1 aliphatic rings. The Bertz CT molecular complexity index is 1020. The maximum Gasteiger partial charge on any atom is 0.231 e. The Morgan fingerprint density at radius 3 is 3.00 bits per heavy atom. The highest BCUT2D eigenvalue weighted by atomic mass is 32.1. The zero-order valence-electron chi connectivity index (χ0n) is 12.9. The molecule has 1 saturated carbocycles. The van der Waals surface area contributed by atoms with E-state index in [1.54, 1.807) is 11.3 Å². The molecule has 0 aliphatic heterocycles. The molecule has 3 N–H and O–H groups in total. The number of nitrogens with one attached hydrogen (secondary N) is 3. The van der Waals surface area contributed by atoms with Crippen molar-refractivity contribution in [3.63, 3.8) is 0 Å². The fourth-order valence-electron chi connectivity index (χ4n) is 2.92. The third kappa shape index (κ3) is 2.37. The maximum absolute atomic E-state index is 4.69. The van der Waals surface area contributed by atoms with Crippen LogP contribution in [0.4, 0.5) is 17.5 Å². The van der Waals surface area contributed by atoms with Gasteiger partial charge in [0.1, 0.15) is 11.5 Å². The molecule has 4 aromatic rings. The lowest BCUT2D eigenvalue weighted by atomic mass is 9.93. The van der Waals surface area contributed by atoms with Crippen LogP contribution in [-0.2, 0) is 0 Å². The van der Waals surface area contributed by atoms with Crippen molar-refractivity contribution in [2.75, 3.05) is 10.6 Å². The van der Waals surface area contributed by atoms with E-state index in [4.69, 9.17) is 4.98 Å². The van der Waals surface area contributed by atoms with Gasteiger partial charge in [0.05, 0.1) is 21.1 Å². The smallest absolute Gasteiger partial charge is 0.231 e. The van der Waals surface area contributed by atoms with Gasteiger partial charge in [0.25, 0.3) is 0 Å². The van der Waals surface area contributed by atoms with Crippen molar-refractivity contribution in [1.29, 1.82) is 0 Å². The Labute approximate surface area is 142 Å². The van der Waals surface area contributed by atoms with E-state index in [9.17, 15) is 0 Å². The molecule has 5 rings (SSSR count). The van der Waals surface area contributed by atoms with Crippen LogP contribution in [0.2, 0.25) is 0 Å². The summed E-state index contributed by atoms with van der Waals surface area (Å²) in [4.78, 5) is 16.8. The molecular weight excluding hydrogens is 320 g/mol. The molecule has 0 atom stereocenters. The molecule has 1 aliphatic carbocycles. The van der Waals surface area contributed by atoms with Crippen LogP contribution in [-0.4, -0.2) is 26.0 Å². The summed E-state index contributed by atoms with van der Waals surface area (Å²) >= 11 is 1.63. The average molecular weight is 336 g/mol. The van der Waals surface area contributed by atoms with E-state index in [0.29, 0.717) is 12.0 Å². The van der Waals surface area contributed by atoms with Gasteiger partial charge in [-0.25, -0.2) is 4.98 Å². The SMILES string of the molecule is c1cc2c(NC3CCC3)nc(Nc3ccc4ncsc4c3)nc2[nH]1. The summed E-state index contributed by atoms with van der Waals surface area (Å²) in [5.74, 6) is 1.49. The summed E-state index contributed by atoms with van der Waals surface area (Å²) < 4.78 is 1.15. The van der Waals surface area contributed by atoms with Crippen LogP contribution in [0.1, 0.15) is 19.3 Å². The van der Waals surface area contributed by atoms with Gasteiger partial charge in [0, 0.05) is 17.9 Å². The van der Waals surface area contributed by atoms with Gasteiger partial charge in [-0.05, 0) is 43.5 Å². The average Bonchev–Trinajstić information content (AvgIpc) is 3.18. The van der Waals surface area contributed by atoms with Crippen LogP contribution in [0, 0.1) is 0 Å². The number of H-pyrrole nitrogens is 1. The third-order valence-corrected chi connectivity index (χ3v) is 5.24. The van der Waals surface area contributed by atoms with Crippen LogP contribution in [0.25, 0.3) is 21.3 Å². The standard InChI is InChI=1S/C17H16N6S/c1-2-10(3-1)20-16-12-6-7-18-15(12)22-17(23-16)21-11-4-5-13-14(8-11)24-9-19-13/h4-10H,1-3H2,(H3,18,20,21,22,23). The molecule has 0 radical (unpaired) electrons. The molecule has 0 bridgehead atoms. The molecular formula is C17H16N6S. The van der Waals surface area contributed by atoms with Gasteiger partial charge in [0.15, 0.2) is 0 Å². The summed E-state index contributed by atoms with van der Waals surface area (Å²) in [5, 5.41) is 7.89. The summed E-state index contributed by atoms with van der Waals surface area (Å²) in [6.45, 7) is 0. The first-order valence-electron chi connectivity index (χ1n) is 8.07. The highest BCUT2D eigenvalue weighted by Crippen LogP contribution is 2.29. The fraction of sp³-hybridized carbons (Fsp3) is 0.235. The van der Waals surface area contributed by atoms with Crippen molar-refractivity contribution < 1.29 is 0 Å². The van der Waals surface area contributed by atoms with E-state index in [-0.39, 0.29) is 0 Å². The van der Waals surface area contributed by atoms with Crippen molar-refractivity contribution in [3.05, 3.63) is 36.0 Å². The van der Waals surface area contributed by atoms with E-state index < -0.39 is 0 Å². The Morgan fingerprint density at radius 2 is 2.12 bits per heavy atom. The summed E-state index contributed by atoms with van der Waals surface area (Å²) in [6, 6.07) is 8.63. The van der Waals surface area contributed by atoms with Gasteiger partial charge in [-0.3, -0.25) is 0 Å². The van der Waals surface area contributed by atoms with E-state index >= 15 is 0 Å². The number of anilines is 3. The predicted octanol–water partition coefficient (Wildman–Crippen LogP) is 4.28. The second-order valence-corrected chi connectivity index (χ2v) is 6.95. The van der Waals surface area contributed by atoms with Gasteiger partial charge in [0.2, 0.25) is 5.95 Å². The van der Waals surface area contributed by atoms with Crippen molar-refractivity contribution in [2.24, 2.45) is 0 Å². The Kier molecular flexibility index (Phi) is 3.12. The highest BCUT2D eigenvalue weighted by molar-refractivity contribution is 7.16. The number of rotatable bonds is 4. The topological polar surface area (TPSA) is 78.5 Å². The normalized spacial score (nSPS) is 14.8. The van der Waals surface area contributed by atoms with E-state index in [1.165, 1.54) is 19.3 Å². The van der Waals surface area contributed by atoms with Crippen LogP contribution in [0.3, 0.4) is 0 Å². The van der Waals surface area contributed by atoms with E-state index in [1.807, 2.05) is 29.9 Å². The Morgan fingerprint density at radius 1 is 1.17 bits per heavy atom.